The number of aromatic nitrogens is 1. The Morgan fingerprint density at radius 2 is 2.24 bits per heavy atom. The van der Waals surface area contributed by atoms with Crippen LogP contribution in [0.15, 0.2) is 22.8 Å². The van der Waals surface area contributed by atoms with Gasteiger partial charge in [-0.2, -0.15) is 0 Å². The van der Waals surface area contributed by atoms with Crippen LogP contribution in [0.1, 0.15) is 26.0 Å². The third kappa shape index (κ3) is 5.12. The van der Waals surface area contributed by atoms with E-state index in [0.29, 0.717) is 0 Å². The zero-order chi connectivity index (χ0) is 12.9. The summed E-state index contributed by atoms with van der Waals surface area (Å²) in [5, 5.41) is 0. The van der Waals surface area contributed by atoms with E-state index in [1.165, 1.54) is 0 Å². The molecule has 96 valence electrons. The van der Waals surface area contributed by atoms with E-state index in [9.17, 15) is 0 Å². The van der Waals surface area contributed by atoms with Crippen molar-refractivity contribution in [1.29, 1.82) is 0 Å². The first-order valence-electron chi connectivity index (χ1n) is 5.58. The average Bonchev–Trinajstić information content (AvgIpc) is 2.31. The summed E-state index contributed by atoms with van der Waals surface area (Å²) in [6.07, 6.45) is 3.42. The molecule has 1 unspecified atom stereocenters. The fourth-order valence-corrected chi connectivity index (χ4v) is 1.88. The second-order valence-electron chi connectivity index (χ2n) is 4.70. The minimum absolute atomic E-state index is 0.152. The van der Waals surface area contributed by atoms with Crippen LogP contribution in [-0.4, -0.2) is 23.7 Å². The number of nitrogens with two attached hydrogens (primary N) is 1. The Hall–Kier alpha value is -0.490. The first-order chi connectivity index (χ1) is 7.96. The van der Waals surface area contributed by atoms with Gasteiger partial charge in [0.05, 0.1) is 5.60 Å². The van der Waals surface area contributed by atoms with Crippen LogP contribution in [0.4, 0.5) is 0 Å². The number of nitrogens with one attached hydrogen (secondary N) is 1. The van der Waals surface area contributed by atoms with Crippen molar-refractivity contribution < 1.29 is 4.74 Å². The second-order valence-corrected chi connectivity index (χ2v) is 5.62. The average molecular weight is 302 g/mol. The van der Waals surface area contributed by atoms with Gasteiger partial charge in [0, 0.05) is 35.9 Å². The van der Waals surface area contributed by atoms with Gasteiger partial charge in [-0.25, -0.2) is 0 Å². The zero-order valence-corrected chi connectivity index (χ0v) is 12.1. The third-order valence-electron chi connectivity index (χ3n) is 2.77. The highest BCUT2D eigenvalue weighted by Crippen LogP contribution is 2.17. The first kappa shape index (κ1) is 14.6. The molecule has 0 radical (unpaired) electrons. The Bertz CT molecular complexity index is 340. The largest absolute Gasteiger partial charge is 0.379 e. The summed E-state index contributed by atoms with van der Waals surface area (Å²) >= 11 is 3.37. The molecule has 0 aromatic carbocycles. The molecule has 0 aliphatic carbocycles. The van der Waals surface area contributed by atoms with Crippen LogP contribution in [-0.2, 0) is 11.2 Å². The van der Waals surface area contributed by atoms with Crippen LogP contribution in [0.3, 0.4) is 0 Å². The molecule has 1 rings (SSSR count). The molecule has 0 aliphatic rings. The van der Waals surface area contributed by atoms with Crippen LogP contribution >= 0.6 is 15.9 Å². The molecule has 1 aromatic rings. The molecule has 1 aromatic heterocycles. The summed E-state index contributed by atoms with van der Waals surface area (Å²) in [6, 6.07) is 4.13. The lowest BCUT2D eigenvalue weighted by atomic mass is 9.96. The Morgan fingerprint density at radius 3 is 2.71 bits per heavy atom. The molecule has 0 spiro atoms. The van der Waals surface area contributed by atoms with Crippen LogP contribution in [0.5, 0.6) is 0 Å². The molecule has 0 fully saturated rings. The van der Waals surface area contributed by atoms with Gasteiger partial charge in [-0.3, -0.25) is 16.3 Å². The minimum atomic E-state index is -0.188. The van der Waals surface area contributed by atoms with E-state index in [4.69, 9.17) is 10.6 Å². The number of pyridine rings is 1. The number of hydrazine groups is 1. The lowest BCUT2D eigenvalue weighted by molar-refractivity contribution is 0.00704. The van der Waals surface area contributed by atoms with Crippen LogP contribution in [0.25, 0.3) is 0 Å². The number of halogens is 1. The summed E-state index contributed by atoms with van der Waals surface area (Å²) < 4.78 is 6.39. The second kappa shape index (κ2) is 6.44. The van der Waals surface area contributed by atoms with Crippen molar-refractivity contribution in [3.05, 3.63) is 28.5 Å². The van der Waals surface area contributed by atoms with Crippen molar-refractivity contribution in [3.63, 3.8) is 0 Å². The van der Waals surface area contributed by atoms with E-state index in [0.717, 1.165) is 23.0 Å². The molecular weight excluding hydrogens is 282 g/mol. The monoisotopic (exact) mass is 301 g/mol. The number of hydrogen-bond acceptors (Lipinski definition) is 4. The van der Waals surface area contributed by atoms with E-state index >= 15 is 0 Å². The van der Waals surface area contributed by atoms with Gasteiger partial charge in [-0.15, -0.1) is 0 Å². The number of nitrogens with zero attached hydrogens (tertiary/aromatic N) is 1. The standard InChI is InChI=1S/C12H20BrN3O/c1-12(2,17-3)7-11(16-14)6-10-5-4-9(13)8-15-10/h4-5,8,11,16H,6-7,14H2,1-3H3. The maximum Gasteiger partial charge on any atom is 0.0638 e. The summed E-state index contributed by atoms with van der Waals surface area (Å²) in [7, 11) is 1.71. The topological polar surface area (TPSA) is 60.2 Å². The molecule has 0 amide bonds. The summed E-state index contributed by atoms with van der Waals surface area (Å²) in [5.74, 6) is 5.57. The molecule has 0 saturated heterocycles. The van der Waals surface area contributed by atoms with Crippen LogP contribution in [0.2, 0.25) is 0 Å². The minimum Gasteiger partial charge on any atom is -0.379 e. The third-order valence-corrected chi connectivity index (χ3v) is 3.24. The van der Waals surface area contributed by atoms with E-state index < -0.39 is 0 Å². The SMILES string of the molecule is COC(C)(C)CC(Cc1ccc(Br)cn1)NN. The van der Waals surface area contributed by atoms with Crippen molar-refractivity contribution in [1.82, 2.24) is 10.4 Å². The van der Waals surface area contributed by atoms with Crippen LogP contribution < -0.4 is 11.3 Å². The molecule has 5 heteroatoms. The van der Waals surface area contributed by atoms with Crippen molar-refractivity contribution in [2.24, 2.45) is 5.84 Å². The quantitative estimate of drug-likeness (QED) is 0.623. The molecular formula is C12H20BrN3O. The molecule has 1 atom stereocenters. The van der Waals surface area contributed by atoms with Crippen molar-refractivity contribution >= 4 is 15.9 Å². The number of rotatable bonds is 6. The Kier molecular flexibility index (Phi) is 5.52. The fraction of sp³-hybridized carbons (Fsp3) is 0.583. The summed E-state index contributed by atoms with van der Waals surface area (Å²) in [4.78, 5) is 4.34. The highest BCUT2D eigenvalue weighted by molar-refractivity contribution is 9.10. The molecule has 1 heterocycles. The summed E-state index contributed by atoms with van der Waals surface area (Å²) in [5.41, 5.74) is 3.65. The highest BCUT2D eigenvalue weighted by atomic mass is 79.9. The van der Waals surface area contributed by atoms with E-state index in [2.05, 4.69) is 26.3 Å². The van der Waals surface area contributed by atoms with Crippen LogP contribution in [0, 0.1) is 0 Å². The molecule has 0 saturated carbocycles. The number of methoxy groups -OCH3 is 1. The normalized spacial score (nSPS) is 13.7. The van der Waals surface area contributed by atoms with Gasteiger partial charge >= 0.3 is 0 Å². The Balaban J connectivity index is 2.61. The predicted molar refractivity (Wildman–Crippen MR) is 72.5 cm³/mol. The maximum absolute atomic E-state index is 5.57. The Morgan fingerprint density at radius 1 is 1.53 bits per heavy atom. The van der Waals surface area contributed by atoms with Gasteiger partial charge in [0.2, 0.25) is 0 Å². The van der Waals surface area contributed by atoms with Gasteiger partial charge in [-0.1, -0.05) is 0 Å². The smallest absolute Gasteiger partial charge is 0.0638 e. The fourth-order valence-electron chi connectivity index (χ4n) is 1.65. The lowest BCUT2D eigenvalue weighted by Crippen LogP contribution is -2.42. The lowest BCUT2D eigenvalue weighted by Gasteiger charge is -2.28. The van der Waals surface area contributed by atoms with Gasteiger partial charge in [0.25, 0.3) is 0 Å². The van der Waals surface area contributed by atoms with Gasteiger partial charge in [0.1, 0.15) is 0 Å². The molecule has 0 aliphatic heterocycles. The molecule has 4 nitrogen and oxygen atoms in total. The van der Waals surface area contributed by atoms with Crippen molar-refractivity contribution in [2.45, 2.75) is 38.3 Å². The van der Waals surface area contributed by atoms with E-state index in [1.54, 1.807) is 13.3 Å². The highest BCUT2D eigenvalue weighted by Gasteiger charge is 2.22. The first-order valence-corrected chi connectivity index (χ1v) is 6.38. The number of hydrogen-bond donors (Lipinski definition) is 2. The van der Waals surface area contributed by atoms with Gasteiger partial charge < -0.3 is 4.74 Å². The van der Waals surface area contributed by atoms with Crippen molar-refractivity contribution in [3.8, 4) is 0 Å². The Labute approximate surface area is 111 Å². The van der Waals surface area contributed by atoms with Gasteiger partial charge in [-0.05, 0) is 48.3 Å². The zero-order valence-electron chi connectivity index (χ0n) is 10.5. The molecule has 3 N–H and O–H groups in total. The number of ether oxygens (including phenoxy) is 1. The van der Waals surface area contributed by atoms with E-state index in [1.807, 2.05) is 26.0 Å². The summed E-state index contributed by atoms with van der Waals surface area (Å²) in [6.45, 7) is 4.10. The van der Waals surface area contributed by atoms with Gasteiger partial charge in [0.15, 0.2) is 0 Å². The maximum atomic E-state index is 5.57. The molecule has 17 heavy (non-hydrogen) atoms. The van der Waals surface area contributed by atoms with Crippen molar-refractivity contribution in [2.75, 3.05) is 7.11 Å². The predicted octanol–water partition coefficient (Wildman–Crippen LogP) is 2.03. The van der Waals surface area contributed by atoms with E-state index in [-0.39, 0.29) is 11.6 Å². The molecule has 0 bridgehead atoms.